The topological polar surface area (TPSA) is 102 Å². The highest BCUT2D eigenvalue weighted by molar-refractivity contribution is 4.71. The Bertz CT molecular complexity index is 397. The number of hydrogen-bond acceptors (Lipinski definition) is 10. The van der Waals surface area contributed by atoms with E-state index in [9.17, 15) is 10.2 Å². The summed E-state index contributed by atoms with van der Waals surface area (Å²) in [6.07, 6.45) is 0. The van der Waals surface area contributed by atoms with E-state index in [0.717, 1.165) is 131 Å². The predicted molar refractivity (Wildman–Crippen MR) is 131 cm³/mol. The van der Waals surface area contributed by atoms with Gasteiger partial charge in [0.05, 0.1) is 13.2 Å². The smallest absolute Gasteiger partial charge is 0.0558 e. The van der Waals surface area contributed by atoms with Crippen molar-refractivity contribution in [3.05, 3.63) is 0 Å². The van der Waals surface area contributed by atoms with E-state index in [1.165, 1.54) is 0 Å². The van der Waals surface area contributed by atoms with Crippen LogP contribution in [0.25, 0.3) is 0 Å². The zero-order valence-corrected chi connectivity index (χ0v) is 20.2. The summed E-state index contributed by atoms with van der Waals surface area (Å²) >= 11 is 0. The second kappa shape index (κ2) is 19.0. The molecule has 2 unspecified atom stereocenters. The molecule has 32 heavy (non-hydrogen) atoms. The molecule has 0 aromatic heterocycles. The van der Waals surface area contributed by atoms with Crippen LogP contribution in [0.5, 0.6) is 0 Å². The second-order valence-corrected chi connectivity index (χ2v) is 8.81. The molecule has 0 spiro atoms. The number of nitrogens with one attached hydrogen (secondary N) is 4. The Balaban J connectivity index is 2.03. The molecule has 0 saturated carbocycles. The van der Waals surface area contributed by atoms with Crippen molar-refractivity contribution in [1.29, 1.82) is 0 Å². The van der Waals surface area contributed by atoms with Crippen LogP contribution in [-0.4, -0.2) is 174 Å². The summed E-state index contributed by atoms with van der Waals surface area (Å²) in [5.41, 5.74) is 0. The van der Waals surface area contributed by atoms with Gasteiger partial charge in [0, 0.05) is 131 Å². The van der Waals surface area contributed by atoms with Crippen molar-refractivity contribution in [3.63, 3.8) is 0 Å². The van der Waals surface area contributed by atoms with Gasteiger partial charge in [0.1, 0.15) is 0 Å². The predicted octanol–water partition coefficient (Wildman–Crippen LogP) is -3.44. The van der Waals surface area contributed by atoms with Gasteiger partial charge in [0.25, 0.3) is 0 Å². The molecule has 3 saturated heterocycles. The maximum atomic E-state index is 9.49. The van der Waals surface area contributed by atoms with Crippen molar-refractivity contribution in [1.82, 2.24) is 40.9 Å². The summed E-state index contributed by atoms with van der Waals surface area (Å²) in [6, 6.07) is 0. The van der Waals surface area contributed by atoms with Crippen LogP contribution in [0.3, 0.4) is 0 Å². The van der Waals surface area contributed by atoms with Crippen LogP contribution in [0, 0.1) is 0 Å². The van der Waals surface area contributed by atoms with E-state index >= 15 is 0 Å². The largest absolute Gasteiger partial charge is 0.395 e. The molecule has 0 radical (unpaired) electrons. The first-order valence-corrected chi connectivity index (χ1v) is 12.8. The molecule has 0 aromatic rings. The average Bonchev–Trinajstić information content (AvgIpc) is 2.79. The quantitative estimate of drug-likeness (QED) is 0.255. The number of fused-ring (bicyclic) bond motifs is 21. The Morgan fingerprint density at radius 3 is 1.12 bits per heavy atom. The van der Waals surface area contributed by atoms with Crippen molar-refractivity contribution in [2.24, 2.45) is 0 Å². The zero-order chi connectivity index (χ0) is 22.7. The molecule has 3 aliphatic heterocycles. The molecule has 0 amide bonds. The number of hydrogen-bond donors (Lipinski definition) is 6. The molecule has 3 aliphatic rings. The third-order valence-corrected chi connectivity index (χ3v) is 6.40. The lowest BCUT2D eigenvalue weighted by Gasteiger charge is -2.30. The Labute approximate surface area is 195 Å². The van der Waals surface area contributed by atoms with Crippen LogP contribution < -0.4 is 21.3 Å². The van der Waals surface area contributed by atoms with Gasteiger partial charge >= 0.3 is 0 Å². The molecule has 190 valence electrons. The maximum Gasteiger partial charge on any atom is 0.0558 e. The third kappa shape index (κ3) is 13.3. The summed E-state index contributed by atoms with van der Waals surface area (Å²) in [6.45, 7) is 19.8. The van der Waals surface area contributed by atoms with E-state index in [2.05, 4.69) is 40.9 Å². The fraction of sp³-hybridized carbons (Fsp3) is 1.00. The molecule has 2 atom stereocenters. The highest BCUT2D eigenvalue weighted by Crippen LogP contribution is 1.95. The van der Waals surface area contributed by atoms with E-state index in [0.29, 0.717) is 0 Å². The molecule has 0 aliphatic carbocycles. The number of rotatable bonds is 4. The van der Waals surface area contributed by atoms with Gasteiger partial charge in [-0.2, -0.15) is 0 Å². The zero-order valence-electron chi connectivity index (χ0n) is 20.2. The summed E-state index contributed by atoms with van der Waals surface area (Å²) < 4.78 is 0. The molecular formula is C22H50N8O2. The van der Waals surface area contributed by atoms with E-state index in [4.69, 9.17) is 0 Å². The van der Waals surface area contributed by atoms with E-state index in [-0.39, 0.29) is 13.2 Å². The van der Waals surface area contributed by atoms with Gasteiger partial charge in [-0.25, -0.2) is 0 Å². The fourth-order valence-electron chi connectivity index (χ4n) is 4.29. The van der Waals surface area contributed by atoms with Crippen molar-refractivity contribution in [2.45, 2.75) is 0 Å². The number of aliphatic hydroxyl groups is 2. The lowest BCUT2D eigenvalue weighted by molar-refractivity contribution is 0.159. The van der Waals surface area contributed by atoms with Gasteiger partial charge in [-0.05, 0) is 0 Å². The number of nitrogens with zero attached hydrogens (tertiary/aromatic N) is 4. The van der Waals surface area contributed by atoms with E-state index < -0.39 is 0 Å². The van der Waals surface area contributed by atoms with Crippen molar-refractivity contribution in [3.8, 4) is 0 Å². The summed E-state index contributed by atoms with van der Waals surface area (Å²) in [5, 5.41) is 33.4. The van der Waals surface area contributed by atoms with Gasteiger partial charge in [-0.15, -0.1) is 0 Å². The SMILES string of the molecule is OCCN1CCNCCN2CCNCCNCCN(CCNCCN(CCO)CC2)CC1. The Morgan fingerprint density at radius 1 is 0.406 bits per heavy atom. The molecule has 3 heterocycles. The van der Waals surface area contributed by atoms with Crippen molar-refractivity contribution in [2.75, 3.05) is 144 Å². The first-order valence-electron chi connectivity index (χ1n) is 12.8. The molecule has 6 N–H and O–H groups in total. The van der Waals surface area contributed by atoms with Gasteiger partial charge in [0.15, 0.2) is 0 Å². The van der Waals surface area contributed by atoms with Crippen LogP contribution in [0.2, 0.25) is 0 Å². The second-order valence-electron chi connectivity index (χ2n) is 8.81. The molecule has 2 bridgehead atoms. The lowest BCUT2D eigenvalue weighted by Crippen LogP contribution is -2.47. The third-order valence-electron chi connectivity index (χ3n) is 6.40. The minimum atomic E-state index is 0.216. The van der Waals surface area contributed by atoms with Crippen LogP contribution in [0.15, 0.2) is 0 Å². The molecule has 10 nitrogen and oxygen atoms in total. The standard InChI is InChI=1S/C22H50N8O2/c31-21-19-29-13-8-26-6-12-28-10-4-24-2-1-23-3-9-27(15-17-29)11-5-25-7-14-30(18-16-28)20-22-32/h23-26,31-32H,1-22H2. The van der Waals surface area contributed by atoms with E-state index in [1.54, 1.807) is 0 Å². The van der Waals surface area contributed by atoms with Crippen LogP contribution in [-0.2, 0) is 0 Å². The minimum Gasteiger partial charge on any atom is -0.395 e. The van der Waals surface area contributed by atoms with E-state index in [1.807, 2.05) is 0 Å². The van der Waals surface area contributed by atoms with Gasteiger partial charge in [-0.3, -0.25) is 19.6 Å². The van der Waals surface area contributed by atoms with Crippen molar-refractivity contribution < 1.29 is 10.2 Å². The van der Waals surface area contributed by atoms with Gasteiger partial charge < -0.3 is 31.5 Å². The highest BCUT2D eigenvalue weighted by Gasteiger charge is 2.12. The minimum absolute atomic E-state index is 0.216. The van der Waals surface area contributed by atoms with Gasteiger partial charge in [0.2, 0.25) is 0 Å². The maximum absolute atomic E-state index is 9.49. The fourth-order valence-corrected chi connectivity index (χ4v) is 4.29. The first kappa shape index (κ1) is 27.8. The van der Waals surface area contributed by atoms with Crippen molar-refractivity contribution >= 4 is 0 Å². The molecule has 10 heteroatoms. The number of aliphatic hydroxyl groups excluding tert-OH is 2. The monoisotopic (exact) mass is 458 g/mol. The lowest BCUT2D eigenvalue weighted by atomic mass is 10.3. The average molecular weight is 459 g/mol. The van der Waals surface area contributed by atoms with Gasteiger partial charge in [-0.1, -0.05) is 0 Å². The van der Waals surface area contributed by atoms with Crippen LogP contribution in [0.4, 0.5) is 0 Å². The molecule has 3 rings (SSSR count). The Hall–Kier alpha value is -0.400. The normalized spacial score (nSPS) is 28.3. The molecule has 0 aromatic carbocycles. The molecule has 3 fully saturated rings. The summed E-state index contributed by atoms with van der Waals surface area (Å²) in [4.78, 5) is 9.81. The van der Waals surface area contributed by atoms with Crippen LogP contribution >= 0.6 is 0 Å². The van der Waals surface area contributed by atoms with Crippen LogP contribution in [0.1, 0.15) is 0 Å². The highest BCUT2D eigenvalue weighted by atomic mass is 16.3. The summed E-state index contributed by atoms with van der Waals surface area (Å²) in [7, 11) is 0. The molecular weight excluding hydrogens is 408 g/mol. The first-order chi connectivity index (χ1) is 15.8. The Kier molecular flexibility index (Phi) is 16.5. The Morgan fingerprint density at radius 2 is 0.750 bits per heavy atom. The summed E-state index contributed by atoms with van der Waals surface area (Å²) in [5.74, 6) is 0.